The Morgan fingerprint density at radius 3 is 1.57 bits per heavy atom. The fraction of sp³-hybridized carbons (Fsp3) is 0.0566. The number of para-hydroxylation sites is 1. The third-order valence-corrected chi connectivity index (χ3v) is 11.5. The van der Waals surface area contributed by atoms with E-state index in [1.54, 1.807) is 0 Å². The Kier molecular flexibility index (Phi) is 7.56. The van der Waals surface area contributed by atoms with E-state index in [9.17, 15) is 0 Å². The van der Waals surface area contributed by atoms with Gasteiger partial charge < -0.3 is 5.32 Å². The van der Waals surface area contributed by atoms with Gasteiger partial charge in [0.05, 0.1) is 5.69 Å². The second-order valence-electron chi connectivity index (χ2n) is 15.0. The topological polar surface area (TPSA) is 12.0 Å². The van der Waals surface area contributed by atoms with Gasteiger partial charge in [0.1, 0.15) is 0 Å². The van der Waals surface area contributed by atoms with E-state index in [1.165, 1.54) is 88.3 Å². The Morgan fingerprint density at radius 1 is 0.333 bits per heavy atom. The molecule has 0 spiro atoms. The molecule has 0 aromatic heterocycles. The van der Waals surface area contributed by atoms with E-state index in [4.69, 9.17) is 0 Å². The van der Waals surface area contributed by atoms with Gasteiger partial charge in [-0.3, -0.25) is 0 Å². The highest BCUT2D eigenvalue weighted by Gasteiger charge is 2.36. The maximum absolute atomic E-state index is 3.95. The number of hydrogen-bond donors (Lipinski definition) is 1. The van der Waals surface area contributed by atoms with Crippen molar-refractivity contribution in [2.45, 2.75) is 19.3 Å². The third-order valence-electron chi connectivity index (χ3n) is 11.5. The van der Waals surface area contributed by atoms with Crippen molar-refractivity contribution in [3.8, 4) is 55.6 Å². The van der Waals surface area contributed by atoms with E-state index in [1.807, 2.05) is 0 Å². The maximum atomic E-state index is 3.95. The van der Waals surface area contributed by atoms with Crippen molar-refractivity contribution in [1.82, 2.24) is 0 Å². The summed E-state index contributed by atoms with van der Waals surface area (Å²) in [5.74, 6) is 0. The summed E-state index contributed by atoms with van der Waals surface area (Å²) in [5.41, 5.74) is 17.0. The van der Waals surface area contributed by atoms with Crippen LogP contribution in [0.3, 0.4) is 0 Å². The van der Waals surface area contributed by atoms with Crippen molar-refractivity contribution in [3.05, 3.63) is 205 Å². The fourth-order valence-electron chi connectivity index (χ4n) is 8.58. The molecule has 0 aliphatic heterocycles. The maximum Gasteiger partial charge on any atom is 0.0543 e. The van der Waals surface area contributed by atoms with Crippen LogP contribution in [0.25, 0.3) is 77.2 Å². The van der Waals surface area contributed by atoms with E-state index in [0.717, 1.165) is 11.4 Å². The third kappa shape index (κ3) is 5.40. The van der Waals surface area contributed by atoms with Gasteiger partial charge in [0.25, 0.3) is 0 Å². The number of nitrogens with one attached hydrogen (secondary N) is 1. The van der Waals surface area contributed by atoms with Crippen LogP contribution in [0.1, 0.15) is 25.0 Å². The highest BCUT2D eigenvalue weighted by Crippen LogP contribution is 2.51. The normalized spacial score (nSPS) is 12.8. The van der Waals surface area contributed by atoms with Gasteiger partial charge in [-0.1, -0.05) is 184 Å². The molecule has 9 aromatic carbocycles. The molecule has 0 heterocycles. The summed E-state index contributed by atoms with van der Waals surface area (Å²) < 4.78 is 0. The molecule has 0 fully saturated rings. The molecule has 1 heteroatoms. The quantitative estimate of drug-likeness (QED) is 0.171. The van der Waals surface area contributed by atoms with E-state index in [-0.39, 0.29) is 5.41 Å². The van der Waals surface area contributed by atoms with Crippen molar-refractivity contribution in [2.75, 3.05) is 5.32 Å². The summed E-state index contributed by atoms with van der Waals surface area (Å²) in [6, 6.07) is 70.9. The molecular formula is C53H39N. The van der Waals surface area contributed by atoms with Crippen molar-refractivity contribution in [3.63, 3.8) is 0 Å². The molecule has 0 atom stereocenters. The molecule has 0 saturated heterocycles. The van der Waals surface area contributed by atoms with E-state index < -0.39 is 0 Å². The van der Waals surface area contributed by atoms with Crippen LogP contribution >= 0.6 is 0 Å². The molecule has 0 bridgehead atoms. The molecule has 1 aliphatic rings. The van der Waals surface area contributed by atoms with Gasteiger partial charge in [-0.2, -0.15) is 0 Å². The molecular weight excluding hydrogens is 651 g/mol. The number of hydrogen-bond acceptors (Lipinski definition) is 1. The first-order valence-corrected chi connectivity index (χ1v) is 18.8. The number of rotatable bonds is 6. The standard InChI is InChI=1S/C53H39N/c1-53(2)50-33-42(41-27-26-40-25-24-38-16-9-10-17-44(38)49(40)32-41)28-30-47(50)48-31-29-43(34-51(48)53)54-52-45(37-14-7-4-8-15-37)18-11-19-46(52)39-22-20-36(21-23-39)35-12-5-3-6-13-35/h3-34,54H,1-2H3. The molecule has 1 nitrogen and oxygen atoms in total. The van der Waals surface area contributed by atoms with E-state index in [2.05, 4.69) is 213 Å². The van der Waals surface area contributed by atoms with Gasteiger partial charge in [-0.15, -0.1) is 0 Å². The van der Waals surface area contributed by atoms with Crippen LogP contribution in [0.4, 0.5) is 11.4 Å². The largest absolute Gasteiger partial charge is 0.355 e. The van der Waals surface area contributed by atoms with E-state index >= 15 is 0 Å². The summed E-state index contributed by atoms with van der Waals surface area (Å²) in [7, 11) is 0. The summed E-state index contributed by atoms with van der Waals surface area (Å²) >= 11 is 0. The Bertz CT molecular complexity index is 2850. The second kappa shape index (κ2) is 12.8. The van der Waals surface area contributed by atoms with Gasteiger partial charge in [0.2, 0.25) is 0 Å². The number of anilines is 2. The molecule has 256 valence electrons. The average molecular weight is 690 g/mol. The summed E-state index contributed by atoms with van der Waals surface area (Å²) in [4.78, 5) is 0. The molecule has 0 radical (unpaired) electrons. The fourth-order valence-corrected chi connectivity index (χ4v) is 8.58. The minimum atomic E-state index is -0.170. The summed E-state index contributed by atoms with van der Waals surface area (Å²) in [6.07, 6.45) is 0. The minimum Gasteiger partial charge on any atom is -0.355 e. The van der Waals surface area contributed by atoms with Crippen LogP contribution in [0.15, 0.2) is 194 Å². The highest BCUT2D eigenvalue weighted by molar-refractivity contribution is 6.08. The molecule has 9 aromatic rings. The van der Waals surface area contributed by atoms with Crippen molar-refractivity contribution < 1.29 is 0 Å². The van der Waals surface area contributed by atoms with Crippen LogP contribution in [-0.4, -0.2) is 0 Å². The zero-order valence-electron chi connectivity index (χ0n) is 30.5. The first-order chi connectivity index (χ1) is 26.5. The van der Waals surface area contributed by atoms with E-state index in [0.29, 0.717) is 0 Å². The smallest absolute Gasteiger partial charge is 0.0543 e. The Hall–Kier alpha value is -6.70. The van der Waals surface area contributed by atoms with Crippen LogP contribution in [0.5, 0.6) is 0 Å². The van der Waals surface area contributed by atoms with Gasteiger partial charge in [-0.05, 0) is 101 Å². The van der Waals surface area contributed by atoms with Crippen molar-refractivity contribution >= 4 is 32.9 Å². The summed E-state index contributed by atoms with van der Waals surface area (Å²) in [5, 5.41) is 9.09. The van der Waals surface area contributed by atoms with Gasteiger partial charge in [0, 0.05) is 22.2 Å². The summed E-state index contributed by atoms with van der Waals surface area (Å²) in [6.45, 7) is 4.74. The lowest BCUT2D eigenvalue weighted by molar-refractivity contribution is 0.661. The second-order valence-corrected chi connectivity index (χ2v) is 15.0. The first-order valence-electron chi connectivity index (χ1n) is 18.8. The zero-order valence-corrected chi connectivity index (χ0v) is 30.5. The minimum absolute atomic E-state index is 0.170. The Morgan fingerprint density at radius 2 is 0.833 bits per heavy atom. The lowest BCUT2D eigenvalue weighted by Crippen LogP contribution is -2.15. The SMILES string of the molecule is CC1(C)c2cc(Nc3c(-c4ccccc4)cccc3-c3ccc(-c4ccccc4)cc3)ccc2-c2ccc(-c3ccc4ccc5ccccc5c4c3)cc21. The highest BCUT2D eigenvalue weighted by atomic mass is 14.9. The zero-order chi connectivity index (χ0) is 36.2. The predicted molar refractivity (Wildman–Crippen MR) is 230 cm³/mol. The van der Waals surface area contributed by atoms with Crippen LogP contribution in [-0.2, 0) is 5.41 Å². The average Bonchev–Trinajstić information content (AvgIpc) is 3.46. The lowest BCUT2D eigenvalue weighted by Gasteiger charge is -2.23. The molecule has 0 saturated carbocycles. The van der Waals surface area contributed by atoms with Crippen molar-refractivity contribution in [1.29, 1.82) is 0 Å². The van der Waals surface area contributed by atoms with Crippen LogP contribution in [0, 0.1) is 0 Å². The van der Waals surface area contributed by atoms with Gasteiger partial charge >= 0.3 is 0 Å². The van der Waals surface area contributed by atoms with Crippen molar-refractivity contribution in [2.24, 2.45) is 0 Å². The molecule has 0 unspecified atom stereocenters. The molecule has 1 aliphatic carbocycles. The first kappa shape index (κ1) is 32.0. The molecule has 10 rings (SSSR count). The molecule has 0 amide bonds. The number of fused-ring (bicyclic) bond motifs is 6. The lowest BCUT2D eigenvalue weighted by atomic mass is 9.81. The molecule has 1 N–H and O–H groups in total. The number of benzene rings is 9. The Balaban J connectivity index is 1.03. The Labute approximate surface area is 317 Å². The van der Waals surface area contributed by atoms with Crippen LogP contribution < -0.4 is 5.32 Å². The molecule has 54 heavy (non-hydrogen) atoms. The predicted octanol–water partition coefficient (Wildman–Crippen LogP) is 14.7. The van der Waals surface area contributed by atoms with Gasteiger partial charge in [-0.25, -0.2) is 0 Å². The van der Waals surface area contributed by atoms with Crippen LogP contribution in [0.2, 0.25) is 0 Å². The monoisotopic (exact) mass is 689 g/mol. The van der Waals surface area contributed by atoms with Gasteiger partial charge in [0.15, 0.2) is 0 Å².